The quantitative estimate of drug-likeness (QED) is 0.512. The molecule has 1 N–H and O–H groups in total. The third-order valence-corrected chi connectivity index (χ3v) is 3.74. The van der Waals surface area contributed by atoms with Crippen LogP contribution >= 0.6 is 23.1 Å². The number of aromatic nitrogens is 1. The van der Waals surface area contributed by atoms with E-state index in [9.17, 15) is 19.7 Å². The van der Waals surface area contributed by atoms with E-state index in [4.69, 9.17) is 11.6 Å². The predicted octanol–water partition coefficient (Wildman–Crippen LogP) is 3.09. The van der Waals surface area contributed by atoms with Crippen molar-refractivity contribution in [1.29, 1.82) is 0 Å². The van der Waals surface area contributed by atoms with Crippen molar-refractivity contribution in [2.24, 2.45) is 0 Å². The van der Waals surface area contributed by atoms with E-state index in [1.165, 1.54) is 19.1 Å². The number of nitrogens with zero attached hydrogens (tertiary/aromatic N) is 2. The summed E-state index contributed by atoms with van der Waals surface area (Å²) in [6.07, 6.45) is -0.228. The summed E-state index contributed by atoms with van der Waals surface area (Å²) < 4.78 is 3.91. The molecule has 7 nitrogen and oxygen atoms in total. The number of carbonyl (C=O) groups is 2. The Bertz CT molecular complexity index is 742. The van der Waals surface area contributed by atoms with Gasteiger partial charge in [0, 0.05) is 17.5 Å². The Morgan fingerprint density at radius 2 is 2.00 bits per heavy atom. The highest BCUT2D eigenvalue weighted by molar-refractivity contribution is 7.11. The second kappa shape index (κ2) is 6.63. The van der Waals surface area contributed by atoms with E-state index in [0.29, 0.717) is 10.6 Å². The molecule has 0 saturated carbocycles. The molecular formula is C13H10ClN3O4S. The molecule has 22 heavy (non-hydrogen) atoms. The number of rotatable bonds is 5. The highest BCUT2D eigenvalue weighted by Crippen LogP contribution is 2.33. The summed E-state index contributed by atoms with van der Waals surface area (Å²) >= 11 is 6.52. The maximum atomic E-state index is 12.1. The lowest BCUT2D eigenvalue weighted by Gasteiger charge is -2.00. The number of ketones is 1. The fourth-order valence-corrected chi connectivity index (χ4v) is 2.70. The molecule has 114 valence electrons. The second-order valence-corrected chi connectivity index (χ2v) is 5.56. The molecule has 0 bridgehead atoms. The Balaban J connectivity index is 2.27. The van der Waals surface area contributed by atoms with Crippen molar-refractivity contribution in [2.75, 3.05) is 5.32 Å². The van der Waals surface area contributed by atoms with Crippen LogP contribution < -0.4 is 5.32 Å². The van der Waals surface area contributed by atoms with E-state index < -0.39 is 10.8 Å². The zero-order chi connectivity index (χ0) is 16.3. The molecule has 0 aliphatic carbocycles. The van der Waals surface area contributed by atoms with Gasteiger partial charge in [-0.15, -0.1) is 0 Å². The normalized spacial score (nSPS) is 10.3. The average molecular weight is 340 g/mol. The van der Waals surface area contributed by atoms with E-state index in [2.05, 4.69) is 9.69 Å². The molecule has 0 atom stereocenters. The molecule has 0 aliphatic rings. The minimum absolute atomic E-state index is 0.0245. The van der Waals surface area contributed by atoms with Crippen LogP contribution in [0.1, 0.15) is 23.0 Å². The van der Waals surface area contributed by atoms with Crippen LogP contribution in [-0.4, -0.2) is 21.0 Å². The number of Topliss-reactive ketones (excluding diaryl/α,β-unsaturated/α-hetero) is 1. The number of amides is 1. The minimum atomic E-state index is -0.654. The molecule has 0 aliphatic heterocycles. The van der Waals surface area contributed by atoms with Crippen LogP contribution in [0.4, 0.5) is 10.7 Å². The topological polar surface area (TPSA) is 102 Å². The van der Waals surface area contributed by atoms with Crippen molar-refractivity contribution in [2.45, 2.75) is 13.3 Å². The van der Waals surface area contributed by atoms with Gasteiger partial charge in [-0.05, 0) is 35.8 Å². The van der Waals surface area contributed by atoms with Gasteiger partial charge in [-0.3, -0.25) is 19.7 Å². The van der Waals surface area contributed by atoms with Gasteiger partial charge in [0.05, 0.1) is 11.3 Å². The van der Waals surface area contributed by atoms with Crippen molar-refractivity contribution in [3.63, 3.8) is 0 Å². The van der Waals surface area contributed by atoms with Crippen LogP contribution in [0.5, 0.6) is 0 Å². The number of anilines is 1. The minimum Gasteiger partial charge on any atom is -0.311 e. The third kappa shape index (κ3) is 3.66. The summed E-state index contributed by atoms with van der Waals surface area (Å²) in [5.41, 5.74) is 0.0639. The second-order valence-electron chi connectivity index (χ2n) is 4.35. The molecule has 2 aromatic rings. The first kappa shape index (κ1) is 16.1. The largest absolute Gasteiger partial charge is 0.327 e. The number of nitrogens with one attached hydrogen (secondary N) is 1. The highest BCUT2D eigenvalue weighted by atomic mass is 35.5. The van der Waals surface area contributed by atoms with Crippen molar-refractivity contribution in [1.82, 2.24) is 4.37 Å². The van der Waals surface area contributed by atoms with Crippen LogP contribution in [0.25, 0.3) is 0 Å². The maximum Gasteiger partial charge on any atom is 0.327 e. The molecule has 0 saturated heterocycles. The summed E-state index contributed by atoms with van der Waals surface area (Å²) in [6.45, 7) is 1.24. The van der Waals surface area contributed by atoms with Gasteiger partial charge in [0.1, 0.15) is 5.69 Å². The van der Waals surface area contributed by atoms with Crippen LogP contribution in [-0.2, 0) is 11.2 Å². The number of hydrogen-bond donors (Lipinski definition) is 1. The van der Waals surface area contributed by atoms with E-state index >= 15 is 0 Å². The Kier molecular flexibility index (Phi) is 4.84. The fraction of sp³-hybridized carbons (Fsp3) is 0.154. The number of carbonyl (C=O) groups excluding carboxylic acids is 2. The monoisotopic (exact) mass is 339 g/mol. The number of benzene rings is 1. The average Bonchev–Trinajstić information content (AvgIpc) is 2.81. The lowest BCUT2D eigenvalue weighted by Crippen LogP contribution is -2.08. The van der Waals surface area contributed by atoms with Crippen LogP contribution in [0.3, 0.4) is 0 Å². The zero-order valence-electron chi connectivity index (χ0n) is 11.3. The standard InChI is InChI=1S/C13H10ClN3O4S/c1-7(18)15-13-12(17(20)21)10(16-22-13)6-11(19)8-2-4-9(14)5-3-8/h2-5H,6H2,1H3,(H,15,18). The van der Waals surface area contributed by atoms with Crippen LogP contribution in [0, 0.1) is 10.1 Å². The van der Waals surface area contributed by atoms with Gasteiger partial charge >= 0.3 is 5.69 Å². The molecule has 1 heterocycles. The van der Waals surface area contributed by atoms with E-state index in [1.807, 2.05) is 0 Å². The van der Waals surface area contributed by atoms with Crippen LogP contribution in [0.2, 0.25) is 5.02 Å². The molecule has 1 aromatic heterocycles. The molecule has 0 spiro atoms. The molecule has 0 radical (unpaired) electrons. The molecule has 0 fully saturated rings. The van der Waals surface area contributed by atoms with Crippen molar-refractivity contribution >= 4 is 45.5 Å². The first-order chi connectivity index (χ1) is 10.4. The lowest BCUT2D eigenvalue weighted by molar-refractivity contribution is -0.384. The summed E-state index contributed by atoms with van der Waals surface area (Å²) in [7, 11) is 0. The molecule has 9 heteroatoms. The first-order valence-corrected chi connectivity index (χ1v) is 7.23. The van der Waals surface area contributed by atoms with Gasteiger partial charge in [-0.2, -0.15) is 4.37 Å². The Labute approximate surface area is 134 Å². The lowest BCUT2D eigenvalue weighted by atomic mass is 10.1. The predicted molar refractivity (Wildman–Crippen MR) is 82.6 cm³/mol. The van der Waals surface area contributed by atoms with Gasteiger partial charge in [0.15, 0.2) is 10.8 Å². The first-order valence-electron chi connectivity index (χ1n) is 6.07. The Morgan fingerprint density at radius 1 is 1.36 bits per heavy atom. The molecule has 1 aromatic carbocycles. The van der Waals surface area contributed by atoms with Crippen molar-refractivity contribution in [3.8, 4) is 0 Å². The summed E-state index contributed by atoms with van der Waals surface area (Å²) in [5.74, 6) is -0.762. The molecule has 1 amide bonds. The molecule has 0 unspecified atom stereocenters. The van der Waals surface area contributed by atoms with Gasteiger partial charge in [-0.25, -0.2) is 0 Å². The van der Waals surface area contributed by atoms with Crippen LogP contribution in [0.15, 0.2) is 24.3 Å². The maximum absolute atomic E-state index is 12.1. The van der Waals surface area contributed by atoms with Crippen molar-refractivity contribution in [3.05, 3.63) is 50.7 Å². The summed E-state index contributed by atoms with van der Waals surface area (Å²) in [4.78, 5) is 33.7. The van der Waals surface area contributed by atoms with Gasteiger partial charge in [-0.1, -0.05) is 11.6 Å². The van der Waals surface area contributed by atoms with Gasteiger partial charge in [0.25, 0.3) is 0 Å². The number of hydrogen-bond acceptors (Lipinski definition) is 6. The Hall–Kier alpha value is -2.32. The SMILES string of the molecule is CC(=O)Nc1snc(CC(=O)c2ccc(Cl)cc2)c1[N+](=O)[O-]. The Morgan fingerprint density at radius 3 is 2.55 bits per heavy atom. The van der Waals surface area contributed by atoms with Gasteiger partial charge < -0.3 is 5.32 Å². The molecule has 2 rings (SSSR count). The van der Waals surface area contributed by atoms with E-state index in [1.54, 1.807) is 12.1 Å². The highest BCUT2D eigenvalue weighted by Gasteiger charge is 2.27. The summed E-state index contributed by atoms with van der Waals surface area (Å²) in [6, 6.07) is 6.20. The smallest absolute Gasteiger partial charge is 0.311 e. The number of nitro groups is 1. The van der Waals surface area contributed by atoms with Gasteiger partial charge in [0.2, 0.25) is 5.91 Å². The zero-order valence-corrected chi connectivity index (χ0v) is 12.9. The fourth-order valence-electron chi connectivity index (χ4n) is 1.75. The summed E-state index contributed by atoms with van der Waals surface area (Å²) in [5, 5.41) is 14.0. The van der Waals surface area contributed by atoms with E-state index in [-0.39, 0.29) is 28.6 Å². The number of halogens is 1. The van der Waals surface area contributed by atoms with E-state index in [0.717, 1.165) is 11.5 Å². The van der Waals surface area contributed by atoms with Crippen molar-refractivity contribution < 1.29 is 14.5 Å². The molecular weight excluding hydrogens is 330 g/mol. The third-order valence-electron chi connectivity index (χ3n) is 2.70.